The number of nitrogens with two attached hydrogens (primary N) is 1. The number of nitrogens with zero attached hydrogens (tertiary/aromatic N) is 2. The lowest BCUT2D eigenvalue weighted by Gasteiger charge is -2.09. The van der Waals surface area contributed by atoms with Crippen molar-refractivity contribution in [2.24, 2.45) is 0 Å². The highest BCUT2D eigenvalue weighted by atomic mass is 16.5. The molecule has 0 spiro atoms. The smallest absolute Gasteiger partial charge is 0.201 e. The molecule has 2 N–H and O–H groups in total. The van der Waals surface area contributed by atoms with E-state index in [0.29, 0.717) is 5.95 Å². The van der Waals surface area contributed by atoms with Crippen molar-refractivity contribution >= 4 is 17.0 Å². The molecular formula is C18H21N3O. The molecule has 0 bridgehead atoms. The van der Waals surface area contributed by atoms with E-state index in [2.05, 4.69) is 28.6 Å². The first-order valence-electron chi connectivity index (χ1n) is 7.65. The molecule has 114 valence electrons. The molecule has 4 nitrogen and oxygen atoms in total. The van der Waals surface area contributed by atoms with Crippen LogP contribution in [0.3, 0.4) is 0 Å². The van der Waals surface area contributed by atoms with Crippen LogP contribution in [0.1, 0.15) is 18.4 Å². The van der Waals surface area contributed by atoms with Gasteiger partial charge in [0, 0.05) is 6.54 Å². The van der Waals surface area contributed by atoms with E-state index in [0.717, 1.165) is 42.8 Å². The second-order valence-electron chi connectivity index (χ2n) is 5.43. The fourth-order valence-electron chi connectivity index (χ4n) is 2.60. The molecule has 0 amide bonds. The molecule has 3 aromatic rings. The molecule has 0 aliphatic carbocycles. The van der Waals surface area contributed by atoms with Crippen LogP contribution in [0.5, 0.6) is 5.75 Å². The number of imidazole rings is 1. The summed E-state index contributed by atoms with van der Waals surface area (Å²) in [6.07, 6.45) is 2.00. The summed E-state index contributed by atoms with van der Waals surface area (Å²) in [5.74, 6) is 1.55. The lowest BCUT2D eigenvalue weighted by atomic mass is 10.2. The number of benzene rings is 2. The minimum atomic E-state index is 0.584. The van der Waals surface area contributed by atoms with E-state index in [1.165, 1.54) is 5.56 Å². The third-order valence-corrected chi connectivity index (χ3v) is 3.81. The Morgan fingerprint density at radius 3 is 2.68 bits per heavy atom. The highest BCUT2D eigenvalue weighted by molar-refractivity contribution is 5.78. The average Bonchev–Trinajstić information content (AvgIpc) is 2.84. The number of unbranched alkanes of at least 4 members (excludes halogenated alkanes) is 1. The van der Waals surface area contributed by atoms with E-state index < -0.39 is 0 Å². The Morgan fingerprint density at radius 1 is 1.05 bits per heavy atom. The van der Waals surface area contributed by atoms with Crippen LogP contribution in [-0.2, 0) is 6.54 Å². The molecule has 2 aromatic carbocycles. The SMILES string of the molecule is Cc1ccccc1OCCCCn1c(N)nc2ccccc21. The number of hydrogen-bond donors (Lipinski definition) is 1. The Kier molecular flexibility index (Phi) is 4.28. The number of nitrogen functional groups attached to an aromatic ring is 1. The monoisotopic (exact) mass is 295 g/mol. The number of rotatable bonds is 6. The van der Waals surface area contributed by atoms with E-state index in [9.17, 15) is 0 Å². The first-order valence-corrected chi connectivity index (χ1v) is 7.65. The topological polar surface area (TPSA) is 53.1 Å². The van der Waals surface area contributed by atoms with E-state index in [1.54, 1.807) is 0 Å². The van der Waals surface area contributed by atoms with E-state index in [1.807, 2.05) is 36.4 Å². The maximum absolute atomic E-state index is 6.00. The number of fused-ring (bicyclic) bond motifs is 1. The van der Waals surface area contributed by atoms with Gasteiger partial charge in [0.15, 0.2) is 0 Å². The van der Waals surface area contributed by atoms with Crippen molar-refractivity contribution < 1.29 is 4.74 Å². The Labute approximate surface area is 130 Å². The van der Waals surface area contributed by atoms with Crippen LogP contribution in [-0.4, -0.2) is 16.2 Å². The minimum absolute atomic E-state index is 0.584. The molecular weight excluding hydrogens is 274 g/mol. The normalized spacial score (nSPS) is 11.0. The molecule has 0 atom stereocenters. The maximum Gasteiger partial charge on any atom is 0.201 e. The summed E-state index contributed by atoms with van der Waals surface area (Å²) >= 11 is 0. The molecule has 3 rings (SSSR count). The molecule has 0 radical (unpaired) electrons. The predicted octanol–water partition coefficient (Wildman–Crippen LogP) is 3.79. The molecule has 1 aromatic heterocycles. The Morgan fingerprint density at radius 2 is 1.82 bits per heavy atom. The van der Waals surface area contributed by atoms with Crippen LogP contribution in [0, 0.1) is 6.92 Å². The largest absolute Gasteiger partial charge is 0.493 e. The van der Waals surface area contributed by atoms with Crippen LogP contribution in [0.4, 0.5) is 5.95 Å². The fraction of sp³-hybridized carbons (Fsp3) is 0.278. The van der Waals surface area contributed by atoms with Crippen molar-refractivity contribution in [1.29, 1.82) is 0 Å². The van der Waals surface area contributed by atoms with Gasteiger partial charge in [0.1, 0.15) is 5.75 Å². The zero-order valence-electron chi connectivity index (χ0n) is 12.8. The number of anilines is 1. The van der Waals surface area contributed by atoms with Gasteiger partial charge in [-0.25, -0.2) is 4.98 Å². The van der Waals surface area contributed by atoms with Crippen molar-refractivity contribution in [3.63, 3.8) is 0 Å². The summed E-state index contributed by atoms with van der Waals surface area (Å²) in [6, 6.07) is 16.1. The summed E-state index contributed by atoms with van der Waals surface area (Å²) in [7, 11) is 0. The second-order valence-corrected chi connectivity index (χ2v) is 5.43. The highest BCUT2D eigenvalue weighted by Gasteiger charge is 2.06. The van der Waals surface area contributed by atoms with Gasteiger partial charge in [0.05, 0.1) is 17.6 Å². The minimum Gasteiger partial charge on any atom is -0.493 e. The molecule has 22 heavy (non-hydrogen) atoms. The summed E-state index contributed by atoms with van der Waals surface area (Å²) < 4.78 is 7.89. The Hall–Kier alpha value is -2.49. The van der Waals surface area contributed by atoms with Crippen molar-refractivity contribution in [1.82, 2.24) is 9.55 Å². The summed E-state index contributed by atoms with van der Waals surface area (Å²) in [6.45, 7) is 3.65. The van der Waals surface area contributed by atoms with Gasteiger partial charge in [0.2, 0.25) is 5.95 Å². The zero-order valence-corrected chi connectivity index (χ0v) is 12.8. The lowest BCUT2D eigenvalue weighted by molar-refractivity contribution is 0.302. The standard InChI is InChI=1S/C18H21N3O/c1-14-8-2-5-11-17(14)22-13-7-6-12-21-16-10-4-3-9-15(16)20-18(21)19/h2-5,8-11H,6-7,12-13H2,1H3,(H2,19,20). The van der Waals surface area contributed by atoms with Crippen molar-refractivity contribution in [2.75, 3.05) is 12.3 Å². The molecule has 0 saturated heterocycles. The Balaban J connectivity index is 1.53. The van der Waals surface area contributed by atoms with E-state index in [4.69, 9.17) is 10.5 Å². The molecule has 1 heterocycles. The predicted molar refractivity (Wildman–Crippen MR) is 90.1 cm³/mol. The molecule has 0 unspecified atom stereocenters. The van der Waals surface area contributed by atoms with Gasteiger partial charge in [-0.15, -0.1) is 0 Å². The highest BCUT2D eigenvalue weighted by Crippen LogP contribution is 2.19. The number of para-hydroxylation sites is 3. The lowest BCUT2D eigenvalue weighted by Crippen LogP contribution is -2.05. The van der Waals surface area contributed by atoms with Crippen molar-refractivity contribution in [3.8, 4) is 5.75 Å². The summed E-state index contributed by atoms with van der Waals surface area (Å²) in [5.41, 5.74) is 9.22. The third-order valence-electron chi connectivity index (χ3n) is 3.81. The summed E-state index contributed by atoms with van der Waals surface area (Å²) in [5, 5.41) is 0. The van der Waals surface area contributed by atoms with Gasteiger partial charge in [-0.2, -0.15) is 0 Å². The van der Waals surface area contributed by atoms with Gasteiger partial charge in [-0.1, -0.05) is 30.3 Å². The van der Waals surface area contributed by atoms with Gasteiger partial charge in [-0.05, 0) is 43.5 Å². The van der Waals surface area contributed by atoms with Crippen molar-refractivity contribution in [3.05, 3.63) is 54.1 Å². The number of aryl methyl sites for hydroxylation is 2. The van der Waals surface area contributed by atoms with Crippen LogP contribution in [0.25, 0.3) is 11.0 Å². The first-order chi connectivity index (χ1) is 10.8. The number of aromatic nitrogens is 2. The molecule has 0 saturated carbocycles. The van der Waals surface area contributed by atoms with E-state index in [-0.39, 0.29) is 0 Å². The average molecular weight is 295 g/mol. The van der Waals surface area contributed by atoms with E-state index >= 15 is 0 Å². The quantitative estimate of drug-likeness (QED) is 0.704. The van der Waals surface area contributed by atoms with Crippen LogP contribution >= 0.6 is 0 Å². The maximum atomic E-state index is 6.00. The van der Waals surface area contributed by atoms with Crippen LogP contribution in [0.2, 0.25) is 0 Å². The molecule has 0 aliphatic heterocycles. The molecule has 0 aliphatic rings. The number of hydrogen-bond acceptors (Lipinski definition) is 3. The van der Waals surface area contributed by atoms with Crippen LogP contribution in [0.15, 0.2) is 48.5 Å². The Bertz CT molecular complexity index is 764. The van der Waals surface area contributed by atoms with Gasteiger partial charge >= 0.3 is 0 Å². The second kappa shape index (κ2) is 6.52. The van der Waals surface area contributed by atoms with Gasteiger partial charge in [-0.3, -0.25) is 0 Å². The van der Waals surface area contributed by atoms with Crippen LogP contribution < -0.4 is 10.5 Å². The van der Waals surface area contributed by atoms with Gasteiger partial charge in [0.25, 0.3) is 0 Å². The fourth-order valence-corrected chi connectivity index (χ4v) is 2.60. The molecule has 0 fully saturated rings. The van der Waals surface area contributed by atoms with Crippen molar-refractivity contribution in [2.45, 2.75) is 26.3 Å². The molecule has 4 heteroatoms. The number of ether oxygens (including phenoxy) is 1. The zero-order chi connectivity index (χ0) is 15.4. The first kappa shape index (κ1) is 14.4. The third kappa shape index (κ3) is 3.06. The summed E-state index contributed by atoms with van der Waals surface area (Å²) in [4.78, 5) is 4.38. The van der Waals surface area contributed by atoms with Gasteiger partial charge < -0.3 is 15.0 Å².